The maximum atomic E-state index is 11.5. The Hall–Kier alpha value is -0.830. The highest BCUT2D eigenvalue weighted by atomic mass is 16.7. The molecule has 1 saturated carbocycles. The van der Waals surface area contributed by atoms with E-state index in [-0.39, 0.29) is 24.1 Å². The summed E-state index contributed by atoms with van der Waals surface area (Å²) in [4.78, 5) is 11.5. The van der Waals surface area contributed by atoms with E-state index in [0.29, 0.717) is 11.8 Å². The van der Waals surface area contributed by atoms with E-state index in [4.69, 9.17) is 9.47 Å². The van der Waals surface area contributed by atoms with Gasteiger partial charge in [-0.3, -0.25) is 4.79 Å². The van der Waals surface area contributed by atoms with E-state index >= 15 is 0 Å². The minimum Gasteiger partial charge on any atom is -0.435 e. The van der Waals surface area contributed by atoms with Crippen LogP contribution in [-0.2, 0) is 14.3 Å². The van der Waals surface area contributed by atoms with Crippen molar-refractivity contribution in [2.75, 3.05) is 7.11 Å². The third-order valence-electron chi connectivity index (χ3n) is 3.57. The van der Waals surface area contributed by atoms with E-state index in [9.17, 15) is 4.79 Å². The average molecular weight is 180 g/mol. The maximum Gasteiger partial charge on any atom is 0.312 e. The lowest BCUT2D eigenvalue weighted by molar-refractivity contribution is -0.164. The van der Waals surface area contributed by atoms with E-state index < -0.39 is 0 Å². The van der Waals surface area contributed by atoms with Gasteiger partial charge in [0, 0.05) is 13.0 Å². The van der Waals surface area contributed by atoms with Crippen LogP contribution in [0, 0.1) is 23.7 Å². The number of allylic oxidation sites excluding steroid dienone is 2. The molecule has 2 fully saturated rings. The predicted molar refractivity (Wildman–Crippen MR) is 44.6 cm³/mol. The highest BCUT2D eigenvalue weighted by Crippen LogP contribution is 2.53. The smallest absolute Gasteiger partial charge is 0.312 e. The summed E-state index contributed by atoms with van der Waals surface area (Å²) < 4.78 is 10.3. The van der Waals surface area contributed by atoms with Gasteiger partial charge in [-0.1, -0.05) is 12.2 Å². The molecule has 0 aromatic heterocycles. The summed E-state index contributed by atoms with van der Waals surface area (Å²) in [6.07, 6.45) is 5.19. The standard InChI is InChI=1S/C10H12O3/c1-12-10-8-6-3-2-5(4-6)7(8)9(11)13-10/h2-3,5-8,10H,4H2,1H3/t5-,6+,7+,8-,10-/m0/s1. The molecular formula is C10H12O3. The fourth-order valence-electron chi connectivity index (χ4n) is 3.04. The highest BCUT2D eigenvalue weighted by Gasteiger charge is 2.57. The Morgan fingerprint density at radius 3 is 3.00 bits per heavy atom. The molecular weight excluding hydrogens is 168 g/mol. The number of esters is 1. The number of carbonyl (C=O) groups is 1. The van der Waals surface area contributed by atoms with Crippen LogP contribution >= 0.6 is 0 Å². The predicted octanol–water partition coefficient (Wildman–Crippen LogP) is 0.954. The second kappa shape index (κ2) is 2.35. The summed E-state index contributed by atoms with van der Waals surface area (Å²) >= 11 is 0. The second-order valence-corrected chi connectivity index (χ2v) is 4.09. The summed E-state index contributed by atoms with van der Waals surface area (Å²) in [7, 11) is 1.61. The minimum atomic E-state index is -0.294. The fourth-order valence-corrected chi connectivity index (χ4v) is 3.04. The molecule has 3 aliphatic rings. The molecule has 2 bridgehead atoms. The molecule has 3 heteroatoms. The van der Waals surface area contributed by atoms with Crippen molar-refractivity contribution in [2.45, 2.75) is 12.7 Å². The van der Waals surface area contributed by atoms with Crippen molar-refractivity contribution in [1.29, 1.82) is 0 Å². The number of carbonyl (C=O) groups excluding carboxylic acids is 1. The first-order chi connectivity index (χ1) is 6.31. The molecule has 0 unspecified atom stereocenters. The number of methoxy groups -OCH3 is 1. The van der Waals surface area contributed by atoms with Crippen molar-refractivity contribution in [3.05, 3.63) is 12.2 Å². The van der Waals surface area contributed by atoms with Crippen molar-refractivity contribution in [3.8, 4) is 0 Å². The number of hydrogen-bond acceptors (Lipinski definition) is 3. The van der Waals surface area contributed by atoms with E-state index in [0.717, 1.165) is 6.42 Å². The van der Waals surface area contributed by atoms with Crippen LogP contribution in [0.5, 0.6) is 0 Å². The molecule has 0 spiro atoms. The first kappa shape index (κ1) is 7.56. The van der Waals surface area contributed by atoms with Crippen LogP contribution in [0.15, 0.2) is 12.2 Å². The Morgan fingerprint density at radius 1 is 1.46 bits per heavy atom. The van der Waals surface area contributed by atoms with E-state index in [1.54, 1.807) is 7.11 Å². The van der Waals surface area contributed by atoms with Crippen molar-refractivity contribution in [2.24, 2.45) is 23.7 Å². The molecule has 1 aliphatic heterocycles. The quantitative estimate of drug-likeness (QED) is 0.445. The molecule has 70 valence electrons. The van der Waals surface area contributed by atoms with Crippen molar-refractivity contribution in [1.82, 2.24) is 0 Å². The molecule has 0 amide bonds. The number of cyclic esters (lactones) is 1. The largest absolute Gasteiger partial charge is 0.435 e. The monoisotopic (exact) mass is 180 g/mol. The number of fused-ring (bicyclic) bond motifs is 5. The average Bonchev–Trinajstić information content (AvgIpc) is 2.76. The summed E-state index contributed by atoms with van der Waals surface area (Å²) in [6, 6.07) is 0. The first-order valence-corrected chi connectivity index (χ1v) is 4.73. The van der Waals surface area contributed by atoms with Crippen molar-refractivity contribution in [3.63, 3.8) is 0 Å². The minimum absolute atomic E-state index is 0.0614. The Bertz CT molecular complexity index is 284. The lowest BCUT2D eigenvalue weighted by atomic mass is 9.85. The number of rotatable bonds is 1. The van der Waals surface area contributed by atoms with Gasteiger partial charge in [-0.15, -0.1) is 0 Å². The van der Waals surface area contributed by atoms with Crippen LogP contribution in [0.3, 0.4) is 0 Å². The van der Waals surface area contributed by atoms with Gasteiger partial charge in [0.05, 0.1) is 5.92 Å². The third kappa shape index (κ3) is 0.804. The van der Waals surface area contributed by atoms with Crippen molar-refractivity contribution >= 4 is 5.97 Å². The summed E-state index contributed by atoms with van der Waals surface area (Å²) in [5.74, 6) is 1.23. The molecule has 1 saturated heterocycles. The Kier molecular flexibility index (Phi) is 1.37. The topological polar surface area (TPSA) is 35.5 Å². The normalized spacial score (nSPS) is 51.2. The maximum absolute atomic E-state index is 11.5. The van der Waals surface area contributed by atoms with Crippen LogP contribution in [-0.4, -0.2) is 19.4 Å². The van der Waals surface area contributed by atoms with Gasteiger partial charge in [0.1, 0.15) is 0 Å². The van der Waals surface area contributed by atoms with Gasteiger partial charge in [0.2, 0.25) is 6.29 Å². The molecule has 3 nitrogen and oxygen atoms in total. The van der Waals surface area contributed by atoms with Gasteiger partial charge >= 0.3 is 5.97 Å². The SMILES string of the molecule is CO[C@H]1OC(=O)[C@H]2[C@@H]1[C@@H]1C=C[C@H]2C1. The Labute approximate surface area is 76.7 Å². The number of ether oxygens (including phenoxy) is 2. The van der Waals surface area contributed by atoms with Gasteiger partial charge in [0.25, 0.3) is 0 Å². The van der Waals surface area contributed by atoms with Crippen LogP contribution in [0.4, 0.5) is 0 Å². The second-order valence-electron chi connectivity index (χ2n) is 4.09. The molecule has 2 aliphatic carbocycles. The van der Waals surface area contributed by atoms with Gasteiger partial charge in [0.15, 0.2) is 0 Å². The summed E-state index contributed by atoms with van der Waals surface area (Å²) in [5.41, 5.74) is 0. The van der Waals surface area contributed by atoms with E-state index in [1.807, 2.05) is 0 Å². The van der Waals surface area contributed by atoms with Crippen LogP contribution in [0.2, 0.25) is 0 Å². The van der Waals surface area contributed by atoms with Gasteiger partial charge in [-0.05, 0) is 18.3 Å². The zero-order chi connectivity index (χ0) is 9.00. The Morgan fingerprint density at radius 2 is 2.23 bits per heavy atom. The molecule has 3 rings (SSSR count). The van der Waals surface area contributed by atoms with E-state index in [1.165, 1.54) is 0 Å². The van der Waals surface area contributed by atoms with Gasteiger partial charge in [-0.2, -0.15) is 0 Å². The molecule has 1 heterocycles. The summed E-state index contributed by atoms with van der Waals surface area (Å²) in [5, 5.41) is 0. The van der Waals surface area contributed by atoms with Gasteiger partial charge in [-0.25, -0.2) is 0 Å². The van der Waals surface area contributed by atoms with Crippen LogP contribution in [0.1, 0.15) is 6.42 Å². The van der Waals surface area contributed by atoms with E-state index in [2.05, 4.69) is 12.2 Å². The molecule has 13 heavy (non-hydrogen) atoms. The van der Waals surface area contributed by atoms with Crippen LogP contribution in [0.25, 0.3) is 0 Å². The fraction of sp³-hybridized carbons (Fsp3) is 0.700. The lowest BCUT2D eigenvalue weighted by Gasteiger charge is -2.20. The molecule has 0 aromatic carbocycles. The number of hydrogen-bond donors (Lipinski definition) is 0. The van der Waals surface area contributed by atoms with Crippen molar-refractivity contribution < 1.29 is 14.3 Å². The lowest BCUT2D eigenvalue weighted by Crippen LogP contribution is -2.25. The van der Waals surface area contributed by atoms with Crippen LogP contribution < -0.4 is 0 Å². The molecule has 5 atom stereocenters. The third-order valence-corrected chi connectivity index (χ3v) is 3.57. The molecule has 0 radical (unpaired) electrons. The molecule has 0 N–H and O–H groups in total. The zero-order valence-electron chi connectivity index (χ0n) is 7.47. The summed E-state index contributed by atoms with van der Waals surface area (Å²) in [6.45, 7) is 0. The van der Waals surface area contributed by atoms with Gasteiger partial charge < -0.3 is 9.47 Å². The zero-order valence-corrected chi connectivity index (χ0v) is 7.47. The first-order valence-electron chi connectivity index (χ1n) is 4.73. The Balaban J connectivity index is 1.97. The molecule has 0 aromatic rings. The highest BCUT2D eigenvalue weighted by molar-refractivity contribution is 5.77.